The molecule has 0 atom stereocenters. The van der Waals surface area contributed by atoms with Gasteiger partial charge in [0, 0.05) is 11.1 Å². The number of carbonyl (C=O) groups is 1. The second kappa shape index (κ2) is 7.51. The third kappa shape index (κ3) is 3.87. The summed E-state index contributed by atoms with van der Waals surface area (Å²) in [5.74, 6) is -0.0974. The lowest BCUT2D eigenvalue weighted by atomic mass is 10.0. The van der Waals surface area contributed by atoms with E-state index in [0.29, 0.717) is 16.8 Å². The number of hydrogen-bond acceptors (Lipinski definition) is 6. The fraction of sp³-hybridized carbons (Fsp3) is 0.133. The topological polar surface area (TPSA) is 79.2 Å². The highest BCUT2D eigenvalue weighted by molar-refractivity contribution is 6.09. The molecule has 110 valence electrons. The average Bonchev–Trinajstić information content (AvgIpc) is 2.55. The van der Waals surface area contributed by atoms with Gasteiger partial charge in [-0.3, -0.25) is 4.79 Å². The predicted octanol–water partition coefficient (Wildman–Crippen LogP) is 1.49. The summed E-state index contributed by atoms with van der Waals surface area (Å²) in [6, 6.07) is 15.3. The molecule has 0 fully saturated rings. The molecule has 0 bridgehead atoms. The van der Waals surface area contributed by atoms with Crippen molar-refractivity contribution >= 4 is 11.5 Å². The molecule has 6 nitrogen and oxygen atoms in total. The molecule has 0 saturated carbocycles. The van der Waals surface area contributed by atoms with E-state index >= 15 is 0 Å². The Morgan fingerprint density at radius 1 is 0.857 bits per heavy atom. The summed E-state index contributed by atoms with van der Waals surface area (Å²) < 4.78 is 0. The molecule has 0 spiro atoms. The summed E-state index contributed by atoms with van der Waals surface area (Å²) >= 11 is 0. The van der Waals surface area contributed by atoms with Crippen LogP contribution < -0.4 is 5.23 Å². The van der Waals surface area contributed by atoms with E-state index in [1.807, 2.05) is 6.07 Å². The van der Waals surface area contributed by atoms with Gasteiger partial charge in [0.05, 0.1) is 5.69 Å². The first-order valence-electron chi connectivity index (χ1n) is 6.23. The van der Waals surface area contributed by atoms with E-state index in [0.717, 1.165) is 5.23 Å². The van der Waals surface area contributed by atoms with Crippen molar-refractivity contribution in [3.63, 3.8) is 0 Å². The van der Waals surface area contributed by atoms with E-state index in [4.69, 9.17) is 19.9 Å². The summed E-state index contributed by atoms with van der Waals surface area (Å²) in [4.78, 5) is 21.8. The highest BCUT2D eigenvalue weighted by Gasteiger charge is 2.11. The van der Waals surface area contributed by atoms with Gasteiger partial charge in [0.25, 0.3) is 0 Å². The highest BCUT2D eigenvalue weighted by Crippen LogP contribution is 2.18. The van der Waals surface area contributed by atoms with Gasteiger partial charge in [-0.25, -0.2) is 9.68 Å². The van der Waals surface area contributed by atoms with E-state index in [1.54, 1.807) is 48.5 Å². The normalized spacial score (nSPS) is 10.4. The zero-order chi connectivity index (χ0) is 15.1. The number of carbonyl (C=O) groups excluding carboxylic acids is 1. The van der Waals surface area contributed by atoms with Crippen LogP contribution >= 0.6 is 0 Å². The summed E-state index contributed by atoms with van der Waals surface area (Å²) in [6.45, 7) is -1.21. The first-order valence-corrected chi connectivity index (χ1v) is 6.23. The van der Waals surface area contributed by atoms with E-state index in [1.165, 1.54) is 0 Å². The van der Waals surface area contributed by atoms with Crippen molar-refractivity contribution in [1.29, 1.82) is 0 Å². The first kappa shape index (κ1) is 15.1. The SMILES string of the molecule is O=C(c1ccccc1)c1ccc(N(OCO)OCO)cc1. The molecule has 0 aliphatic heterocycles. The number of benzene rings is 2. The standard InChI is InChI=1S/C15H15NO5/c17-10-20-16(21-11-18)14-8-6-13(7-9-14)15(19)12-4-2-1-3-5-12/h1-9,17-18H,10-11H2. The second-order valence-corrected chi connectivity index (χ2v) is 4.02. The lowest BCUT2D eigenvalue weighted by Gasteiger charge is -2.20. The molecule has 6 heteroatoms. The minimum atomic E-state index is -0.606. The van der Waals surface area contributed by atoms with E-state index < -0.39 is 13.6 Å². The summed E-state index contributed by atoms with van der Waals surface area (Å²) in [7, 11) is 0. The number of aliphatic hydroxyl groups excluding tert-OH is 2. The summed E-state index contributed by atoms with van der Waals surface area (Å²) in [6.07, 6.45) is 0. The molecule has 0 aromatic heterocycles. The molecule has 2 rings (SSSR count). The molecule has 0 heterocycles. The number of rotatable bonds is 7. The Morgan fingerprint density at radius 2 is 1.38 bits per heavy atom. The van der Waals surface area contributed by atoms with Gasteiger partial charge in [-0.2, -0.15) is 0 Å². The highest BCUT2D eigenvalue weighted by atomic mass is 17.0. The second-order valence-electron chi connectivity index (χ2n) is 4.02. The van der Waals surface area contributed by atoms with Crippen molar-refractivity contribution in [2.75, 3.05) is 18.8 Å². The number of anilines is 1. The molecule has 2 aromatic rings. The largest absolute Gasteiger partial charge is 0.368 e. The van der Waals surface area contributed by atoms with Crippen molar-refractivity contribution in [3.8, 4) is 0 Å². The number of hydrogen-bond donors (Lipinski definition) is 2. The maximum Gasteiger partial charge on any atom is 0.193 e. The molecular weight excluding hydrogens is 274 g/mol. The number of nitrogens with zero attached hydrogens (tertiary/aromatic N) is 1. The third-order valence-corrected chi connectivity index (χ3v) is 2.73. The van der Waals surface area contributed by atoms with Crippen LogP contribution in [0.4, 0.5) is 5.69 Å². The van der Waals surface area contributed by atoms with Crippen molar-refractivity contribution in [1.82, 2.24) is 0 Å². The Kier molecular flexibility index (Phi) is 5.42. The van der Waals surface area contributed by atoms with Crippen LogP contribution in [0.5, 0.6) is 0 Å². The molecule has 2 N–H and O–H groups in total. The van der Waals surface area contributed by atoms with E-state index in [2.05, 4.69) is 0 Å². The van der Waals surface area contributed by atoms with Crippen LogP contribution in [0.15, 0.2) is 54.6 Å². The van der Waals surface area contributed by atoms with Crippen molar-refractivity contribution < 1.29 is 24.7 Å². The molecule has 0 aliphatic carbocycles. The van der Waals surface area contributed by atoms with Crippen molar-refractivity contribution in [2.24, 2.45) is 0 Å². The molecule has 0 saturated heterocycles. The van der Waals surface area contributed by atoms with Crippen LogP contribution in [-0.4, -0.2) is 29.6 Å². The van der Waals surface area contributed by atoms with E-state index in [9.17, 15) is 4.79 Å². The van der Waals surface area contributed by atoms with Gasteiger partial charge >= 0.3 is 0 Å². The Morgan fingerprint density at radius 3 is 1.90 bits per heavy atom. The minimum absolute atomic E-state index is 0.0974. The van der Waals surface area contributed by atoms with Crippen LogP contribution in [0.3, 0.4) is 0 Å². The number of ketones is 1. The van der Waals surface area contributed by atoms with Crippen LogP contribution in [-0.2, 0) is 9.68 Å². The smallest absolute Gasteiger partial charge is 0.193 e. The average molecular weight is 289 g/mol. The molecule has 2 aromatic carbocycles. The van der Waals surface area contributed by atoms with E-state index in [-0.39, 0.29) is 5.78 Å². The third-order valence-electron chi connectivity index (χ3n) is 2.73. The quantitative estimate of drug-likeness (QED) is 0.457. The zero-order valence-corrected chi connectivity index (χ0v) is 11.2. The first-order chi connectivity index (χ1) is 10.3. The Bertz CT molecular complexity index is 564. The summed E-state index contributed by atoms with van der Waals surface area (Å²) in [5, 5.41) is 18.3. The lowest BCUT2D eigenvalue weighted by Crippen LogP contribution is -2.25. The van der Waals surface area contributed by atoms with Crippen molar-refractivity contribution in [3.05, 3.63) is 65.7 Å². The van der Waals surface area contributed by atoms with Crippen LogP contribution in [0, 0.1) is 0 Å². The molecule has 0 aliphatic rings. The predicted molar refractivity (Wildman–Crippen MR) is 75.1 cm³/mol. The van der Waals surface area contributed by atoms with Crippen LogP contribution in [0.1, 0.15) is 15.9 Å². The van der Waals surface area contributed by atoms with Gasteiger partial charge < -0.3 is 10.2 Å². The molecule has 21 heavy (non-hydrogen) atoms. The van der Waals surface area contributed by atoms with Gasteiger partial charge in [-0.1, -0.05) is 30.3 Å². The molecular formula is C15H15NO5. The van der Waals surface area contributed by atoms with Gasteiger partial charge in [0.2, 0.25) is 0 Å². The van der Waals surface area contributed by atoms with Crippen LogP contribution in [0.2, 0.25) is 0 Å². The Hall–Kier alpha value is -2.25. The van der Waals surface area contributed by atoms with Gasteiger partial charge in [-0.05, 0) is 24.3 Å². The minimum Gasteiger partial charge on any atom is -0.368 e. The molecule has 0 unspecified atom stereocenters. The Balaban J connectivity index is 2.16. The monoisotopic (exact) mass is 289 g/mol. The molecule has 0 amide bonds. The maximum absolute atomic E-state index is 12.2. The summed E-state index contributed by atoms with van der Waals surface area (Å²) in [5.41, 5.74) is 1.54. The fourth-order valence-corrected chi connectivity index (χ4v) is 1.78. The van der Waals surface area contributed by atoms with Gasteiger partial charge in [-0.15, -0.1) is 5.23 Å². The maximum atomic E-state index is 12.2. The lowest BCUT2D eigenvalue weighted by molar-refractivity contribution is -0.169. The van der Waals surface area contributed by atoms with Gasteiger partial charge in [0.15, 0.2) is 19.4 Å². The molecule has 0 radical (unpaired) electrons. The van der Waals surface area contributed by atoms with Crippen molar-refractivity contribution in [2.45, 2.75) is 0 Å². The number of aliphatic hydroxyl groups is 2. The fourth-order valence-electron chi connectivity index (χ4n) is 1.78. The van der Waals surface area contributed by atoms with Crippen LogP contribution in [0.25, 0.3) is 0 Å². The zero-order valence-electron chi connectivity index (χ0n) is 11.2. The Labute approximate surface area is 121 Å². The van der Waals surface area contributed by atoms with Gasteiger partial charge in [0.1, 0.15) is 0 Å².